The van der Waals surface area contributed by atoms with Crippen molar-refractivity contribution in [1.29, 1.82) is 0 Å². The van der Waals surface area contributed by atoms with Crippen LogP contribution >= 0.6 is 0 Å². The molecule has 0 atom stereocenters. The van der Waals surface area contributed by atoms with Gasteiger partial charge < -0.3 is 5.73 Å². The monoisotopic (exact) mass is 278 g/mol. The molecule has 1 aromatic heterocycles. The van der Waals surface area contributed by atoms with E-state index < -0.39 is 10.0 Å². The van der Waals surface area contributed by atoms with Crippen LogP contribution in [0.2, 0.25) is 0 Å². The Morgan fingerprint density at radius 1 is 1.32 bits per heavy atom. The van der Waals surface area contributed by atoms with Crippen LogP contribution in [0.15, 0.2) is 41.4 Å². The van der Waals surface area contributed by atoms with Gasteiger partial charge in [-0.25, -0.2) is 13.1 Å². The van der Waals surface area contributed by atoms with Crippen LogP contribution in [0.1, 0.15) is 11.3 Å². The number of nitrogens with two attached hydrogens (primary N) is 1. The number of anilines is 1. The van der Waals surface area contributed by atoms with Gasteiger partial charge >= 0.3 is 0 Å². The van der Waals surface area contributed by atoms with Crippen molar-refractivity contribution in [3.8, 4) is 0 Å². The van der Waals surface area contributed by atoms with Crippen molar-refractivity contribution in [1.82, 2.24) is 14.9 Å². The van der Waals surface area contributed by atoms with Crippen LogP contribution in [0, 0.1) is 6.92 Å². The summed E-state index contributed by atoms with van der Waals surface area (Å²) in [5.41, 5.74) is 7.21. The van der Waals surface area contributed by atoms with Crippen LogP contribution in [-0.2, 0) is 16.6 Å². The standard InChI is InChI=1S/C12H14N4O2S/c1-9-4-5-10(13)7-12(9)19(17,18)15-8-11-3-2-6-14-16-11/h2-7,15H,8,13H2,1H3. The van der Waals surface area contributed by atoms with Gasteiger partial charge in [-0.05, 0) is 36.8 Å². The molecule has 0 saturated carbocycles. The summed E-state index contributed by atoms with van der Waals surface area (Å²) >= 11 is 0. The molecule has 0 aliphatic carbocycles. The largest absolute Gasteiger partial charge is 0.399 e. The van der Waals surface area contributed by atoms with Gasteiger partial charge in [0.05, 0.1) is 17.1 Å². The summed E-state index contributed by atoms with van der Waals surface area (Å²) in [6.07, 6.45) is 1.53. The first-order valence-electron chi connectivity index (χ1n) is 5.61. The minimum atomic E-state index is -3.61. The highest BCUT2D eigenvalue weighted by molar-refractivity contribution is 7.89. The number of sulfonamides is 1. The zero-order valence-electron chi connectivity index (χ0n) is 10.4. The zero-order valence-corrected chi connectivity index (χ0v) is 11.2. The second-order valence-corrected chi connectivity index (χ2v) is 5.80. The first-order valence-corrected chi connectivity index (χ1v) is 7.10. The summed E-state index contributed by atoms with van der Waals surface area (Å²) in [7, 11) is -3.61. The minimum Gasteiger partial charge on any atom is -0.399 e. The molecule has 0 spiro atoms. The highest BCUT2D eigenvalue weighted by Crippen LogP contribution is 2.18. The van der Waals surface area contributed by atoms with E-state index in [-0.39, 0.29) is 11.4 Å². The van der Waals surface area contributed by atoms with Gasteiger partial charge in [-0.1, -0.05) is 6.07 Å². The third-order valence-corrected chi connectivity index (χ3v) is 4.12. The number of hydrogen-bond donors (Lipinski definition) is 2. The third kappa shape index (κ3) is 3.27. The Labute approximate surface area is 111 Å². The summed E-state index contributed by atoms with van der Waals surface area (Å²) in [5, 5.41) is 7.50. The molecule has 0 bridgehead atoms. The molecule has 0 unspecified atom stereocenters. The lowest BCUT2D eigenvalue weighted by molar-refractivity contribution is 0.579. The van der Waals surface area contributed by atoms with Crippen LogP contribution in [0.25, 0.3) is 0 Å². The lowest BCUT2D eigenvalue weighted by atomic mass is 10.2. The molecule has 0 amide bonds. The van der Waals surface area contributed by atoms with Crippen molar-refractivity contribution in [3.05, 3.63) is 47.8 Å². The number of nitrogen functional groups attached to an aromatic ring is 1. The van der Waals surface area contributed by atoms with Crippen molar-refractivity contribution in [2.75, 3.05) is 5.73 Å². The van der Waals surface area contributed by atoms with Crippen LogP contribution in [0.5, 0.6) is 0 Å². The van der Waals surface area contributed by atoms with Crippen LogP contribution in [0.3, 0.4) is 0 Å². The highest BCUT2D eigenvalue weighted by atomic mass is 32.2. The normalized spacial score (nSPS) is 11.4. The number of rotatable bonds is 4. The summed E-state index contributed by atoms with van der Waals surface area (Å²) in [6, 6.07) is 8.17. The molecule has 6 nitrogen and oxygen atoms in total. The SMILES string of the molecule is Cc1ccc(N)cc1S(=O)(=O)NCc1cccnn1. The maximum Gasteiger partial charge on any atom is 0.241 e. The maximum absolute atomic E-state index is 12.2. The van der Waals surface area contributed by atoms with E-state index in [9.17, 15) is 8.42 Å². The summed E-state index contributed by atoms with van der Waals surface area (Å²) < 4.78 is 26.8. The molecule has 2 aromatic rings. The van der Waals surface area contributed by atoms with E-state index in [4.69, 9.17) is 5.73 Å². The van der Waals surface area contributed by atoms with E-state index in [1.165, 1.54) is 12.3 Å². The molecule has 0 aliphatic heterocycles. The van der Waals surface area contributed by atoms with E-state index in [0.717, 1.165) is 0 Å². The lowest BCUT2D eigenvalue weighted by Gasteiger charge is -2.09. The van der Waals surface area contributed by atoms with Gasteiger partial charge in [-0.3, -0.25) is 0 Å². The average molecular weight is 278 g/mol. The zero-order chi connectivity index (χ0) is 13.9. The van der Waals surface area contributed by atoms with Crippen LogP contribution in [0.4, 0.5) is 5.69 Å². The number of hydrogen-bond acceptors (Lipinski definition) is 5. The fourth-order valence-corrected chi connectivity index (χ4v) is 2.86. The van der Waals surface area contributed by atoms with Crippen molar-refractivity contribution in [3.63, 3.8) is 0 Å². The fourth-order valence-electron chi connectivity index (χ4n) is 1.58. The fraction of sp³-hybridized carbons (Fsp3) is 0.167. The van der Waals surface area contributed by atoms with Crippen molar-refractivity contribution in [2.24, 2.45) is 0 Å². The molecule has 1 heterocycles. The number of aryl methyl sites for hydroxylation is 1. The van der Waals surface area contributed by atoms with Crippen molar-refractivity contribution < 1.29 is 8.42 Å². The number of nitrogens with one attached hydrogen (secondary N) is 1. The van der Waals surface area contributed by atoms with Crippen molar-refractivity contribution in [2.45, 2.75) is 18.4 Å². The van der Waals surface area contributed by atoms with Gasteiger partial charge in [0.1, 0.15) is 0 Å². The molecule has 3 N–H and O–H groups in total. The Kier molecular flexibility index (Phi) is 3.77. The second-order valence-electron chi connectivity index (χ2n) is 4.06. The Bertz CT molecular complexity index is 671. The van der Waals surface area contributed by atoms with Gasteiger partial charge in [0.15, 0.2) is 0 Å². The molecule has 0 aliphatic rings. The predicted octanol–water partition coefficient (Wildman–Crippen LogP) is 0.846. The van der Waals surface area contributed by atoms with Crippen LogP contribution in [-0.4, -0.2) is 18.6 Å². The molecule has 0 radical (unpaired) electrons. The molecule has 2 rings (SSSR count). The van der Waals surface area contributed by atoms with E-state index in [2.05, 4.69) is 14.9 Å². The van der Waals surface area contributed by atoms with Gasteiger partial charge in [0, 0.05) is 11.9 Å². The third-order valence-electron chi connectivity index (χ3n) is 2.57. The first-order chi connectivity index (χ1) is 8.99. The van der Waals surface area contributed by atoms with E-state index in [1.807, 2.05) is 0 Å². The highest BCUT2D eigenvalue weighted by Gasteiger charge is 2.16. The molecular formula is C12H14N4O2S. The topological polar surface area (TPSA) is 98.0 Å². The molecule has 0 saturated heterocycles. The van der Waals surface area contributed by atoms with E-state index >= 15 is 0 Å². The molecular weight excluding hydrogens is 264 g/mol. The van der Waals surface area contributed by atoms with Gasteiger partial charge in [0.25, 0.3) is 0 Å². The lowest BCUT2D eigenvalue weighted by Crippen LogP contribution is -2.24. The number of benzene rings is 1. The number of aromatic nitrogens is 2. The quantitative estimate of drug-likeness (QED) is 0.808. The Hall–Kier alpha value is -1.99. The molecule has 0 fully saturated rings. The van der Waals surface area contributed by atoms with E-state index in [0.29, 0.717) is 16.9 Å². The summed E-state index contributed by atoms with van der Waals surface area (Å²) in [4.78, 5) is 0.177. The Morgan fingerprint density at radius 3 is 2.79 bits per heavy atom. The maximum atomic E-state index is 12.2. The first kappa shape index (κ1) is 13.4. The minimum absolute atomic E-state index is 0.0877. The summed E-state index contributed by atoms with van der Waals surface area (Å²) in [6.45, 7) is 1.81. The van der Waals surface area contributed by atoms with Gasteiger partial charge in [-0.2, -0.15) is 10.2 Å². The molecule has 100 valence electrons. The van der Waals surface area contributed by atoms with Gasteiger partial charge in [-0.15, -0.1) is 0 Å². The average Bonchev–Trinajstić information content (AvgIpc) is 2.40. The van der Waals surface area contributed by atoms with Crippen molar-refractivity contribution >= 4 is 15.7 Å². The Balaban J connectivity index is 2.21. The Morgan fingerprint density at radius 2 is 2.11 bits per heavy atom. The van der Waals surface area contributed by atoms with Gasteiger partial charge in [0.2, 0.25) is 10.0 Å². The molecule has 1 aromatic carbocycles. The molecule has 19 heavy (non-hydrogen) atoms. The summed E-state index contributed by atoms with van der Waals surface area (Å²) in [5.74, 6) is 0. The number of nitrogens with zero attached hydrogens (tertiary/aromatic N) is 2. The van der Waals surface area contributed by atoms with Crippen LogP contribution < -0.4 is 10.5 Å². The van der Waals surface area contributed by atoms with E-state index in [1.54, 1.807) is 31.2 Å². The smallest absolute Gasteiger partial charge is 0.241 e. The predicted molar refractivity (Wildman–Crippen MR) is 71.6 cm³/mol. The second kappa shape index (κ2) is 5.33. The molecule has 7 heteroatoms.